The van der Waals surface area contributed by atoms with E-state index >= 15 is 0 Å². The maximum atomic E-state index is 14.4. The van der Waals surface area contributed by atoms with Crippen LogP contribution in [0.4, 0.5) is 0 Å². The Morgan fingerprint density at radius 3 is 1.57 bits per heavy atom. The smallest absolute Gasteiger partial charge is 0.175 e. The van der Waals surface area contributed by atoms with Crippen LogP contribution in [0.25, 0.3) is 0 Å². The van der Waals surface area contributed by atoms with Crippen molar-refractivity contribution in [3.05, 3.63) is 0 Å². The van der Waals surface area contributed by atoms with Gasteiger partial charge in [0.2, 0.25) is 0 Å². The van der Waals surface area contributed by atoms with E-state index in [0.29, 0.717) is 37.9 Å². The summed E-state index contributed by atoms with van der Waals surface area (Å²) in [6, 6.07) is 0. The number of ketones is 1. The summed E-state index contributed by atoms with van der Waals surface area (Å²) in [5, 5.41) is 0. The first-order chi connectivity index (χ1) is 18.1. The van der Waals surface area contributed by atoms with Crippen LogP contribution in [-0.4, -0.2) is 118 Å². The lowest BCUT2D eigenvalue weighted by molar-refractivity contribution is -0.238. The topological polar surface area (TPSA) is 90.9 Å². The Bertz CT molecular complexity index is 689. The molecule has 0 radical (unpaired) electrons. The summed E-state index contributed by atoms with van der Waals surface area (Å²) >= 11 is 5.53. The van der Waals surface area contributed by atoms with E-state index in [1.165, 1.54) is 0 Å². The number of carbonyl (C=O) groups is 1. The molecule has 12 heteroatoms. The predicted molar refractivity (Wildman–Crippen MR) is 143 cm³/mol. The molecule has 0 aromatic heterocycles. The van der Waals surface area contributed by atoms with E-state index in [-0.39, 0.29) is 55.2 Å². The Labute approximate surface area is 232 Å². The highest BCUT2D eigenvalue weighted by molar-refractivity contribution is 7.99. The molecule has 5 aliphatic rings. The molecule has 37 heavy (non-hydrogen) atoms. The van der Waals surface area contributed by atoms with Crippen molar-refractivity contribution in [2.45, 2.75) is 36.6 Å². The predicted octanol–water partition coefficient (Wildman–Crippen LogP) is 2.51. The normalized spacial score (nSPS) is 35.2. The van der Waals surface area contributed by atoms with Crippen LogP contribution in [0.2, 0.25) is 0 Å². The summed E-state index contributed by atoms with van der Waals surface area (Å²) in [5.41, 5.74) is 0. The van der Waals surface area contributed by atoms with Crippen LogP contribution in [0.1, 0.15) is 12.8 Å². The number of methoxy groups -OCH3 is 2. The molecule has 0 saturated carbocycles. The van der Waals surface area contributed by atoms with E-state index in [1.54, 1.807) is 26.0 Å². The second kappa shape index (κ2) is 13.4. The van der Waals surface area contributed by atoms with Crippen LogP contribution in [0.5, 0.6) is 0 Å². The second-order valence-electron chi connectivity index (χ2n) is 10.1. The lowest BCUT2D eigenvalue weighted by Crippen LogP contribution is -2.58. The van der Waals surface area contributed by atoms with Crippen LogP contribution < -0.4 is 0 Å². The lowest BCUT2D eigenvalue weighted by Gasteiger charge is -2.48. The van der Waals surface area contributed by atoms with Gasteiger partial charge in [-0.3, -0.25) is 4.79 Å². The van der Waals surface area contributed by atoms with Gasteiger partial charge < -0.3 is 37.9 Å². The monoisotopic (exact) mass is 580 g/mol. The molecule has 0 aliphatic carbocycles. The zero-order valence-electron chi connectivity index (χ0n) is 21.8. The minimum absolute atomic E-state index is 0.0615. The standard InChI is InChI=1S/C25H40O9S3/c1-27-15-29-22(19-13-35-9-3-24(19)31-5-6-32-24)17-11-37-12-18(21(17)26)23(30-16-28-2)20-14-36-10-4-25(20)33-7-8-34-25/h17-20,22-23H,3-16H2,1-2H3/t17-,18-,19-,20+,22+,23-/m1/s1. The fourth-order valence-electron chi connectivity index (χ4n) is 6.42. The summed E-state index contributed by atoms with van der Waals surface area (Å²) < 4.78 is 48.2. The van der Waals surface area contributed by atoms with Crippen LogP contribution >= 0.6 is 35.3 Å². The molecule has 0 N–H and O–H groups in total. The van der Waals surface area contributed by atoms with Gasteiger partial charge in [0.05, 0.1) is 50.5 Å². The summed E-state index contributed by atoms with van der Waals surface area (Å²) in [4.78, 5) is 14.4. The molecule has 5 heterocycles. The fourth-order valence-corrected chi connectivity index (χ4v) is 10.4. The quantitative estimate of drug-likeness (QED) is 0.356. The van der Waals surface area contributed by atoms with Crippen molar-refractivity contribution in [1.82, 2.24) is 0 Å². The van der Waals surface area contributed by atoms with Gasteiger partial charge in [0, 0.05) is 61.9 Å². The Balaban J connectivity index is 1.41. The molecule has 0 aromatic rings. The van der Waals surface area contributed by atoms with Gasteiger partial charge in [-0.05, 0) is 11.5 Å². The second-order valence-corrected chi connectivity index (χ2v) is 13.5. The van der Waals surface area contributed by atoms with Gasteiger partial charge in [0.1, 0.15) is 19.4 Å². The van der Waals surface area contributed by atoms with Crippen LogP contribution in [0.3, 0.4) is 0 Å². The molecule has 0 amide bonds. The zero-order chi connectivity index (χ0) is 25.7. The molecular formula is C25H40O9S3. The minimum atomic E-state index is -0.691. The van der Waals surface area contributed by atoms with Gasteiger partial charge in [-0.1, -0.05) is 0 Å². The molecule has 0 unspecified atom stereocenters. The number of ether oxygens (including phenoxy) is 8. The molecule has 0 bridgehead atoms. The van der Waals surface area contributed by atoms with Gasteiger partial charge in [-0.25, -0.2) is 0 Å². The van der Waals surface area contributed by atoms with E-state index in [2.05, 4.69) is 0 Å². The summed E-state index contributed by atoms with van der Waals surface area (Å²) in [6.07, 6.45) is 0.849. The third-order valence-electron chi connectivity index (χ3n) is 8.14. The van der Waals surface area contributed by atoms with Crippen molar-refractivity contribution in [3.63, 3.8) is 0 Å². The van der Waals surface area contributed by atoms with Crippen molar-refractivity contribution in [3.8, 4) is 0 Å². The van der Waals surface area contributed by atoms with Gasteiger partial charge in [0.25, 0.3) is 0 Å². The minimum Gasteiger partial charge on any atom is -0.359 e. The molecule has 6 atom stereocenters. The van der Waals surface area contributed by atoms with Crippen LogP contribution in [0.15, 0.2) is 0 Å². The number of hydrogen-bond donors (Lipinski definition) is 0. The van der Waals surface area contributed by atoms with E-state index < -0.39 is 11.6 Å². The molecule has 5 aliphatic heterocycles. The maximum absolute atomic E-state index is 14.4. The summed E-state index contributed by atoms with van der Waals surface area (Å²) in [6.45, 7) is 2.53. The molecule has 9 nitrogen and oxygen atoms in total. The van der Waals surface area contributed by atoms with Gasteiger partial charge >= 0.3 is 0 Å². The van der Waals surface area contributed by atoms with Crippen molar-refractivity contribution >= 4 is 41.1 Å². The molecule has 5 rings (SSSR count). The highest BCUT2D eigenvalue weighted by Crippen LogP contribution is 2.48. The highest BCUT2D eigenvalue weighted by Gasteiger charge is 2.57. The first kappa shape index (κ1) is 28.9. The maximum Gasteiger partial charge on any atom is 0.175 e. The van der Waals surface area contributed by atoms with E-state index in [0.717, 1.165) is 35.9 Å². The Morgan fingerprint density at radius 1 is 0.730 bits per heavy atom. The molecule has 5 saturated heterocycles. The third-order valence-corrected chi connectivity index (χ3v) is 11.5. The Kier molecular flexibility index (Phi) is 10.5. The first-order valence-electron chi connectivity index (χ1n) is 13.2. The highest BCUT2D eigenvalue weighted by atomic mass is 32.2. The molecular weight excluding hydrogens is 540 g/mol. The zero-order valence-corrected chi connectivity index (χ0v) is 24.2. The molecule has 2 spiro atoms. The molecule has 212 valence electrons. The SMILES string of the molecule is COCO[C@H]([C@@H]1CSC[C@@H]([C@H](OCOC)[C@H]2CSCCC23OCCO3)C1=O)[C@@H]1CSCCC12OCCO2. The van der Waals surface area contributed by atoms with E-state index in [9.17, 15) is 4.79 Å². The van der Waals surface area contributed by atoms with Gasteiger partial charge in [-0.2, -0.15) is 35.3 Å². The molecule has 0 aromatic carbocycles. The average Bonchev–Trinajstić information content (AvgIpc) is 3.58. The number of rotatable bonds is 10. The van der Waals surface area contributed by atoms with Crippen LogP contribution in [-0.2, 0) is 42.7 Å². The Morgan fingerprint density at radius 2 is 1.16 bits per heavy atom. The van der Waals surface area contributed by atoms with Crippen molar-refractivity contribution in [2.75, 3.05) is 88.8 Å². The number of hydrogen-bond acceptors (Lipinski definition) is 12. The van der Waals surface area contributed by atoms with Crippen molar-refractivity contribution in [1.29, 1.82) is 0 Å². The van der Waals surface area contributed by atoms with Crippen molar-refractivity contribution < 1.29 is 42.7 Å². The summed E-state index contributed by atoms with van der Waals surface area (Å²) in [5.74, 6) is 2.99. The Hall–Kier alpha value is 0.400. The summed E-state index contributed by atoms with van der Waals surface area (Å²) in [7, 11) is 3.23. The lowest BCUT2D eigenvalue weighted by atomic mass is 9.76. The van der Waals surface area contributed by atoms with E-state index in [4.69, 9.17) is 37.9 Å². The number of Topliss-reactive ketones (excluding diaryl/α,β-unsaturated/α-hetero) is 1. The largest absolute Gasteiger partial charge is 0.359 e. The van der Waals surface area contributed by atoms with Gasteiger partial charge in [0.15, 0.2) is 11.6 Å². The number of thioether (sulfide) groups is 3. The average molecular weight is 581 g/mol. The van der Waals surface area contributed by atoms with E-state index in [1.807, 2.05) is 23.5 Å². The van der Waals surface area contributed by atoms with Crippen LogP contribution in [0, 0.1) is 23.7 Å². The fraction of sp³-hybridized carbons (Fsp3) is 0.960. The first-order valence-corrected chi connectivity index (χ1v) is 16.6. The molecule has 5 fully saturated rings. The third kappa shape index (κ3) is 6.05. The van der Waals surface area contributed by atoms with Gasteiger partial charge in [-0.15, -0.1) is 0 Å². The number of carbonyl (C=O) groups excluding carboxylic acids is 1. The van der Waals surface area contributed by atoms with Crippen molar-refractivity contribution in [2.24, 2.45) is 23.7 Å².